The molecule has 0 N–H and O–H groups in total. The van der Waals surface area contributed by atoms with Gasteiger partial charge in [-0.3, -0.25) is 0 Å². The first kappa shape index (κ1) is 11.1. The maximum atomic E-state index is 10.8. The van der Waals surface area contributed by atoms with Crippen molar-refractivity contribution in [3.05, 3.63) is 35.9 Å². The Labute approximate surface area is 94.1 Å². The quantitative estimate of drug-likeness (QED) is 0.557. The fourth-order valence-electron chi connectivity index (χ4n) is 1.52. The first-order valence-corrected chi connectivity index (χ1v) is 5.16. The first-order chi connectivity index (χ1) is 7.81. The lowest BCUT2D eigenvalue weighted by Gasteiger charge is -1.99. The fourth-order valence-corrected chi connectivity index (χ4v) is 1.52. The van der Waals surface area contributed by atoms with Crippen molar-refractivity contribution in [3.8, 4) is 0 Å². The van der Waals surface area contributed by atoms with Crippen molar-refractivity contribution in [1.29, 1.82) is 0 Å². The summed E-state index contributed by atoms with van der Waals surface area (Å²) in [6.45, 7) is 0.409. The molecule has 0 radical (unpaired) electrons. The summed E-state index contributed by atoms with van der Waals surface area (Å²) in [5.74, 6) is -0.364. The molecule has 0 amide bonds. The van der Waals surface area contributed by atoms with E-state index in [0.717, 1.165) is 5.56 Å². The number of carbonyl (C=O) groups excluding carboxylic acids is 1. The van der Waals surface area contributed by atoms with Crippen molar-refractivity contribution < 1.29 is 19.0 Å². The third kappa shape index (κ3) is 2.81. The monoisotopic (exact) mass is 222 g/mol. The van der Waals surface area contributed by atoms with Crippen molar-refractivity contribution in [3.63, 3.8) is 0 Å². The highest BCUT2D eigenvalue weighted by Crippen LogP contribution is 2.38. The number of carbonyl (C=O) groups is 1. The van der Waals surface area contributed by atoms with Gasteiger partial charge in [-0.25, -0.2) is 4.79 Å². The molecule has 2 atom stereocenters. The summed E-state index contributed by atoms with van der Waals surface area (Å²) in [6.07, 6.45) is 0.172. The van der Waals surface area contributed by atoms with Gasteiger partial charge in [-0.15, -0.1) is 0 Å². The average Bonchev–Trinajstić information content (AvgIpc) is 3.09. The summed E-state index contributed by atoms with van der Waals surface area (Å²) in [7, 11) is 1.34. The summed E-state index contributed by atoms with van der Waals surface area (Å²) in [6, 6.07) is 9.96. The minimum atomic E-state index is -0.364. The Bertz CT molecular complexity index is 349. The molecule has 4 heteroatoms. The molecule has 0 aromatic heterocycles. The van der Waals surface area contributed by atoms with E-state index in [1.807, 2.05) is 30.3 Å². The topological polar surface area (TPSA) is 48.1 Å². The van der Waals surface area contributed by atoms with Crippen LogP contribution in [0.3, 0.4) is 0 Å². The molecule has 0 unspecified atom stereocenters. The molecule has 1 aliphatic rings. The zero-order chi connectivity index (χ0) is 11.4. The Morgan fingerprint density at radius 1 is 1.38 bits per heavy atom. The van der Waals surface area contributed by atoms with E-state index in [0.29, 0.717) is 6.61 Å². The van der Waals surface area contributed by atoms with Gasteiger partial charge in [0.05, 0.1) is 13.7 Å². The summed E-state index contributed by atoms with van der Waals surface area (Å²) >= 11 is 0. The average molecular weight is 222 g/mol. The van der Waals surface area contributed by atoms with Gasteiger partial charge in [-0.1, -0.05) is 30.3 Å². The number of methoxy groups -OCH3 is 1. The summed E-state index contributed by atoms with van der Waals surface area (Å²) in [5, 5.41) is 0. The molecule has 1 aromatic rings. The van der Waals surface area contributed by atoms with Gasteiger partial charge in [-0.05, 0) is 5.56 Å². The summed E-state index contributed by atoms with van der Waals surface area (Å²) < 4.78 is 15.1. The molecule has 1 aromatic carbocycles. The van der Waals surface area contributed by atoms with E-state index in [1.54, 1.807) is 0 Å². The van der Waals surface area contributed by atoms with Crippen molar-refractivity contribution in [1.82, 2.24) is 0 Å². The van der Waals surface area contributed by atoms with E-state index < -0.39 is 0 Å². The molecule has 1 fully saturated rings. The molecule has 2 rings (SSSR count). The van der Waals surface area contributed by atoms with Gasteiger partial charge in [-0.2, -0.15) is 0 Å². The van der Waals surface area contributed by atoms with Gasteiger partial charge in [0.1, 0.15) is 18.8 Å². The van der Waals surface area contributed by atoms with E-state index >= 15 is 0 Å². The molecule has 16 heavy (non-hydrogen) atoms. The van der Waals surface area contributed by atoms with E-state index in [-0.39, 0.29) is 24.8 Å². The standard InChI is InChI=1S/C12H14O4/c1-14-11(13)8-15-7-10-12(16-10)9-5-3-2-4-6-9/h2-6,10,12H,7-8H2,1H3/t10-,12-/m0/s1. The third-order valence-electron chi connectivity index (χ3n) is 2.44. The molecule has 1 aliphatic heterocycles. The first-order valence-electron chi connectivity index (χ1n) is 5.16. The lowest BCUT2D eigenvalue weighted by atomic mass is 10.1. The molecule has 0 aliphatic carbocycles. The number of rotatable bonds is 5. The van der Waals surface area contributed by atoms with Gasteiger partial charge in [0.15, 0.2) is 0 Å². The zero-order valence-electron chi connectivity index (χ0n) is 9.09. The second-order valence-electron chi connectivity index (χ2n) is 3.60. The Hall–Kier alpha value is -1.39. The molecular weight excluding hydrogens is 208 g/mol. The van der Waals surface area contributed by atoms with Crippen LogP contribution >= 0.6 is 0 Å². The number of epoxide rings is 1. The maximum absolute atomic E-state index is 10.8. The van der Waals surface area contributed by atoms with Crippen LogP contribution in [0, 0.1) is 0 Å². The lowest BCUT2D eigenvalue weighted by molar-refractivity contribution is -0.146. The van der Waals surface area contributed by atoms with Crippen LogP contribution in [0.25, 0.3) is 0 Å². The van der Waals surface area contributed by atoms with Crippen LogP contribution in [-0.4, -0.2) is 32.4 Å². The number of benzene rings is 1. The van der Waals surface area contributed by atoms with Crippen LogP contribution < -0.4 is 0 Å². The number of ether oxygens (including phenoxy) is 3. The predicted octanol–water partition coefficient (Wildman–Crippen LogP) is 1.32. The molecule has 0 saturated carbocycles. The Morgan fingerprint density at radius 2 is 2.12 bits per heavy atom. The maximum Gasteiger partial charge on any atom is 0.331 e. The third-order valence-corrected chi connectivity index (χ3v) is 2.44. The Kier molecular flexibility index (Phi) is 3.54. The summed E-state index contributed by atoms with van der Waals surface area (Å²) in [4.78, 5) is 10.8. The number of hydrogen-bond donors (Lipinski definition) is 0. The zero-order valence-corrected chi connectivity index (χ0v) is 9.09. The van der Waals surface area contributed by atoms with Crippen LogP contribution in [0.2, 0.25) is 0 Å². The Morgan fingerprint density at radius 3 is 2.81 bits per heavy atom. The molecule has 4 nitrogen and oxygen atoms in total. The molecule has 0 bridgehead atoms. The van der Waals surface area contributed by atoms with Gasteiger partial charge in [0.25, 0.3) is 0 Å². The van der Waals surface area contributed by atoms with E-state index in [4.69, 9.17) is 9.47 Å². The van der Waals surface area contributed by atoms with Crippen LogP contribution in [0.1, 0.15) is 11.7 Å². The van der Waals surface area contributed by atoms with Crippen molar-refractivity contribution in [2.24, 2.45) is 0 Å². The molecule has 86 valence electrons. The van der Waals surface area contributed by atoms with Crippen LogP contribution in [0.4, 0.5) is 0 Å². The minimum Gasteiger partial charge on any atom is -0.467 e. The van der Waals surface area contributed by atoms with Crippen molar-refractivity contribution in [2.75, 3.05) is 20.3 Å². The largest absolute Gasteiger partial charge is 0.467 e. The van der Waals surface area contributed by atoms with E-state index in [1.165, 1.54) is 7.11 Å². The van der Waals surface area contributed by atoms with Crippen LogP contribution in [0.5, 0.6) is 0 Å². The molecule has 0 spiro atoms. The molecule has 1 heterocycles. The lowest BCUT2D eigenvalue weighted by Crippen LogP contribution is -2.13. The van der Waals surface area contributed by atoms with Crippen LogP contribution in [-0.2, 0) is 19.0 Å². The van der Waals surface area contributed by atoms with Crippen molar-refractivity contribution >= 4 is 5.97 Å². The predicted molar refractivity (Wildman–Crippen MR) is 56.9 cm³/mol. The minimum absolute atomic E-state index is 0.0160. The molecule has 1 saturated heterocycles. The molecular formula is C12H14O4. The van der Waals surface area contributed by atoms with Gasteiger partial charge in [0.2, 0.25) is 0 Å². The van der Waals surface area contributed by atoms with Crippen molar-refractivity contribution in [2.45, 2.75) is 12.2 Å². The SMILES string of the molecule is COC(=O)COC[C@@H]1O[C@H]1c1ccccc1. The highest BCUT2D eigenvalue weighted by atomic mass is 16.6. The van der Waals surface area contributed by atoms with Gasteiger partial charge < -0.3 is 14.2 Å². The fraction of sp³-hybridized carbons (Fsp3) is 0.417. The van der Waals surface area contributed by atoms with Gasteiger partial charge in [0, 0.05) is 0 Å². The van der Waals surface area contributed by atoms with Gasteiger partial charge >= 0.3 is 5.97 Å². The number of hydrogen-bond acceptors (Lipinski definition) is 4. The Balaban J connectivity index is 1.70. The summed E-state index contributed by atoms with van der Waals surface area (Å²) in [5.41, 5.74) is 1.15. The highest BCUT2D eigenvalue weighted by Gasteiger charge is 2.40. The smallest absolute Gasteiger partial charge is 0.331 e. The van der Waals surface area contributed by atoms with E-state index in [2.05, 4.69) is 4.74 Å². The second-order valence-corrected chi connectivity index (χ2v) is 3.60. The number of esters is 1. The second kappa shape index (κ2) is 5.09. The normalized spacial score (nSPS) is 22.8. The van der Waals surface area contributed by atoms with Crippen LogP contribution in [0.15, 0.2) is 30.3 Å². The van der Waals surface area contributed by atoms with E-state index in [9.17, 15) is 4.79 Å². The highest BCUT2D eigenvalue weighted by molar-refractivity contribution is 5.70.